The number of hydrogen-bond acceptors (Lipinski definition) is 3. The number of aryl methyl sites for hydroxylation is 1. The molecule has 3 heteroatoms. The molecule has 0 amide bonds. The van der Waals surface area contributed by atoms with Gasteiger partial charge < -0.3 is 10.1 Å². The van der Waals surface area contributed by atoms with Crippen molar-refractivity contribution in [2.24, 2.45) is 0 Å². The fourth-order valence-electron chi connectivity index (χ4n) is 2.17. The van der Waals surface area contributed by atoms with Gasteiger partial charge in [-0.25, -0.2) is 0 Å². The fraction of sp³-hybridized carbons (Fsp3) is 0.412. The largest absolute Gasteiger partial charge is 0.497 e. The molecule has 0 radical (unpaired) electrons. The summed E-state index contributed by atoms with van der Waals surface area (Å²) in [6.45, 7) is 3.32. The molecule has 0 aliphatic rings. The zero-order valence-electron chi connectivity index (χ0n) is 12.3. The lowest BCUT2D eigenvalue weighted by Gasteiger charge is -2.13. The van der Waals surface area contributed by atoms with E-state index in [1.165, 1.54) is 10.4 Å². The number of benzene rings is 1. The van der Waals surface area contributed by atoms with Crippen LogP contribution in [0, 0.1) is 0 Å². The molecule has 2 nitrogen and oxygen atoms in total. The van der Waals surface area contributed by atoms with E-state index >= 15 is 0 Å². The van der Waals surface area contributed by atoms with Gasteiger partial charge in [-0.05, 0) is 55.3 Å². The Balaban J connectivity index is 1.65. The Bertz CT molecular complexity index is 478. The summed E-state index contributed by atoms with van der Waals surface area (Å²) in [7, 11) is 1.70. The van der Waals surface area contributed by atoms with Crippen molar-refractivity contribution in [3.8, 4) is 5.75 Å². The molecule has 1 heterocycles. The SMILES string of the molecule is COc1ccc(CCC(C)NCCc2cccs2)cc1. The molecule has 0 aliphatic carbocycles. The molecule has 108 valence electrons. The minimum atomic E-state index is 0.553. The zero-order chi connectivity index (χ0) is 14.2. The van der Waals surface area contributed by atoms with E-state index < -0.39 is 0 Å². The van der Waals surface area contributed by atoms with E-state index in [1.807, 2.05) is 23.5 Å². The van der Waals surface area contributed by atoms with Crippen molar-refractivity contribution in [3.63, 3.8) is 0 Å². The Labute approximate surface area is 125 Å². The Morgan fingerprint density at radius 2 is 1.95 bits per heavy atom. The van der Waals surface area contributed by atoms with Gasteiger partial charge in [0.05, 0.1) is 7.11 Å². The van der Waals surface area contributed by atoms with Crippen molar-refractivity contribution in [1.29, 1.82) is 0 Å². The zero-order valence-corrected chi connectivity index (χ0v) is 13.1. The van der Waals surface area contributed by atoms with Crippen molar-refractivity contribution in [2.75, 3.05) is 13.7 Å². The number of hydrogen-bond donors (Lipinski definition) is 1. The molecule has 0 fully saturated rings. The van der Waals surface area contributed by atoms with Crippen molar-refractivity contribution >= 4 is 11.3 Å². The summed E-state index contributed by atoms with van der Waals surface area (Å²) in [5.74, 6) is 0.927. The maximum Gasteiger partial charge on any atom is 0.118 e. The topological polar surface area (TPSA) is 21.3 Å². The van der Waals surface area contributed by atoms with E-state index in [0.29, 0.717) is 6.04 Å². The molecule has 1 atom stereocenters. The highest BCUT2D eigenvalue weighted by Crippen LogP contribution is 2.13. The summed E-state index contributed by atoms with van der Waals surface area (Å²) in [5, 5.41) is 5.74. The lowest BCUT2D eigenvalue weighted by molar-refractivity contribution is 0.414. The van der Waals surface area contributed by atoms with E-state index in [9.17, 15) is 0 Å². The first-order valence-electron chi connectivity index (χ1n) is 7.16. The summed E-state index contributed by atoms with van der Waals surface area (Å²) in [4.78, 5) is 1.46. The summed E-state index contributed by atoms with van der Waals surface area (Å²) >= 11 is 1.84. The molecule has 0 saturated heterocycles. The molecule has 0 aliphatic heterocycles. The fourth-order valence-corrected chi connectivity index (χ4v) is 2.88. The van der Waals surface area contributed by atoms with Gasteiger partial charge in [0, 0.05) is 17.5 Å². The molecule has 0 bridgehead atoms. The second kappa shape index (κ2) is 8.08. The number of nitrogens with one attached hydrogen (secondary N) is 1. The van der Waals surface area contributed by atoms with Crippen LogP contribution in [0.1, 0.15) is 23.8 Å². The lowest BCUT2D eigenvalue weighted by Crippen LogP contribution is -2.28. The summed E-state index contributed by atoms with van der Waals surface area (Å²) in [6.07, 6.45) is 3.40. The monoisotopic (exact) mass is 289 g/mol. The van der Waals surface area contributed by atoms with E-state index in [1.54, 1.807) is 7.11 Å². The highest BCUT2D eigenvalue weighted by molar-refractivity contribution is 7.09. The predicted octanol–water partition coefficient (Wildman–Crippen LogP) is 3.91. The van der Waals surface area contributed by atoms with Crippen LogP contribution in [0.3, 0.4) is 0 Å². The smallest absolute Gasteiger partial charge is 0.118 e. The van der Waals surface area contributed by atoms with Crippen LogP contribution in [0.15, 0.2) is 41.8 Å². The minimum absolute atomic E-state index is 0.553. The average molecular weight is 289 g/mol. The van der Waals surface area contributed by atoms with Crippen molar-refractivity contribution in [2.45, 2.75) is 32.2 Å². The van der Waals surface area contributed by atoms with Crippen LogP contribution >= 0.6 is 11.3 Å². The standard InChI is InChI=1S/C17H23NOS/c1-14(18-12-11-17-4-3-13-20-17)5-6-15-7-9-16(19-2)10-8-15/h3-4,7-10,13-14,18H,5-6,11-12H2,1-2H3. The molecule has 1 aromatic carbocycles. The molecule has 1 N–H and O–H groups in total. The molecule has 0 saturated carbocycles. The second-order valence-electron chi connectivity index (χ2n) is 5.07. The highest BCUT2D eigenvalue weighted by atomic mass is 32.1. The second-order valence-corrected chi connectivity index (χ2v) is 6.10. The number of methoxy groups -OCH3 is 1. The predicted molar refractivity (Wildman–Crippen MR) is 86.8 cm³/mol. The van der Waals surface area contributed by atoms with Gasteiger partial charge in [-0.3, -0.25) is 0 Å². The molecule has 2 rings (SSSR count). The highest BCUT2D eigenvalue weighted by Gasteiger charge is 2.03. The first kappa shape index (κ1) is 15.1. The molecule has 1 aromatic heterocycles. The molecule has 0 spiro atoms. The van der Waals surface area contributed by atoms with Crippen LogP contribution in [-0.2, 0) is 12.8 Å². The van der Waals surface area contributed by atoms with Crippen LogP contribution in [0.25, 0.3) is 0 Å². The minimum Gasteiger partial charge on any atom is -0.497 e. The first-order valence-corrected chi connectivity index (χ1v) is 8.04. The van der Waals surface area contributed by atoms with Gasteiger partial charge in [-0.1, -0.05) is 18.2 Å². The maximum absolute atomic E-state index is 5.17. The Morgan fingerprint density at radius 1 is 1.15 bits per heavy atom. The summed E-state index contributed by atoms with van der Waals surface area (Å²) in [5.41, 5.74) is 1.37. The van der Waals surface area contributed by atoms with Gasteiger partial charge in [0.15, 0.2) is 0 Å². The van der Waals surface area contributed by atoms with Crippen LogP contribution in [-0.4, -0.2) is 19.7 Å². The van der Waals surface area contributed by atoms with Crippen LogP contribution in [0.2, 0.25) is 0 Å². The lowest BCUT2D eigenvalue weighted by atomic mass is 10.1. The van der Waals surface area contributed by atoms with Crippen LogP contribution < -0.4 is 10.1 Å². The molecular formula is C17H23NOS. The van der Waals surface area contributed by atoms with Crippen LogP contribution in [0.4, 0.5) is 0 Å². The third-order valence-electron chi connectivity index (χ3n) is 3.47. The van der Waals surface area contributed by atoms with Gasteiger partial charge in [0.25, 0.3) is 0 Å². The summed E-state index contributed by atoms with van der Waals surface area (Å²) in [6, 6.07) is 13.2. The van der Waals surface area contributed by atoms with Gasteiger partial charge in [-0.2, -0.15) is 0 Å². The van der Waals surface area contributed by atoms with Gasteiger partial charge >= 0.3 is 0 Å². The Kier molecular flexibility index (Phi) is 6.09. The maximum atomic E-state index is 5.17. The van der Waals surface area contributed by atoms with Crippen molar-refractivity contribution < 1.29 is 4.74 Å². The van der Waals surface area contributed by atoms with E-state index in [4.69, 9.17) is 4.74 Å². The number of thiophene rings is 1. The third kappa shape index (κ3) is 4.99. The van der Waals surface area contributed by atoms with Crippen LogP contribution in [0.5, 0.6) is 5.75 Å². The van der Waals surface area contributed by atoms with E-state index in [-0.39, 0.29) is 0 Å². The van der Waals surface area contributed by atoms with Gasteiger partial charge in [-0.15, -0.1) is 11.3 Å². The molecule has 20 heavy (non-hydrogen) atoms. The Hall–Kier alpha value is -1.32. The van der Waals surface area contributed by atoms with Gasteiger partial charge in [0.2, 0.25) is 0 Å². The Morgan fingerprint density at radius 3 is 2.60 bits per heavy atom. The molecule has 2 aromatic rings. The molecule has 1 unspecified atom stereocenters. The quantitative estimate of drug-likeness (QED) is 0.795. The number of ether oxygens (including phenoxy) is 1. The van der Waals surface area contributed by atoms with E-state index in [0.717, 1.165) is 31.6 Å². The van der Waals surface area contributed by atoms with E-state index in [2.05, 4.69) is 41.9 Å². The molecular weight excluding hydrogens is 266 g/mol. The average Bonchev–Trinajstić information content (AvgIpc) is 2.99. The third-order valence-corrected chi connectivity index (χ3v) is 4.41. The number of rotatable bonds is 8. The van der Waals surface area contributed by atoms with Crippen molar-refractivity contribution in [3.05, 3.63) is 52.2 Å². The first-order chi connectivity index (χ1) is 9.78. The normalized spacial score (nSPS) is 12.3. The summed E-state index contributed by atoms with van der Waals surface area (Å²) < 4.78 is 5.17. The van der Waals surface area contributed by atoms with Gasteiger partial charge in [0.1, 0.15) is 5.75 Å². The van der Waals surface area contributed by atoms with Crippen molar-refractivity contribution in [1.82, 2.24) is 5.32 Å².